The van der Waals surface area contributed by atoms with Crippen molar-refractivity contribution in [1.29, 1.82) is 0 Å². The van der Waals surface area contributed by atoms with Gasteiger partial charge in [-0.05, 0) is 18.8 Å². The van der Waals surface area contributed by atoms with Gasteiger partial charge in [0.2, 0.25) is 0 Å². The molecule has 2 heteroatoms. The predicted octanol–water partition coefficient (Wildman–Crippen LogP) is 3.00. The molecule has 12 heavy (non-hydrogen) atoms. The summed E-state index contributed by atoms with van der Waals surface area (Å²) < 4.78 is 5.53. The van der Waals surface area contributed by atoms with Crippen molar-refractivity contribution in [3.63, 3.8) is 0 Å². The maximum Gasteiger partial charge on any atom is 0.105 e. The Hall–Kier alpha value is 0.0249. The van der Waals surface area contributed by atoms with Gasteiger partial charge in [0, 0.05) is 13.2 Å². The van der Waals surface area contributed by atoms with Gasteiger partial charge in [-0.15, -0.1) is 0 Å². The van der Waals surface area contributed by atoms with Crippen LogP contribution in [0, 0.1) is 5.92 Å². The van der Waals surface area contributed by atoms with Crippen LogP contribution in [0.25, 0.3) is 0 Å². The van der Waals surface area contributed by atoms with Gasteiger partial charge in [-0.2, -0.15) is 0 Å². The van der Waals surface area contributed by atoms with E-state index in [2.05, 4.69) is 28.0 Å². The van der Waals surface area contributed by atoms with Gasteiger partial charge < -0.3 is 4.74 Å². The Morgan fingerprint density at radius 1 is 1.42 bits per heavy atom. The Bertz CT molecular complexity index is 85.9. The normalized spacial score (nSPS) is 12.9. The highest BCUT2D eigenvalue weighted by Gasteiger charge is 1.99. The first kappa shape index (κ1) is 12.0. The largest absolute Gasteiger partial charge is 0.381 e. The first-order chi connectivity index (χ1) is 5.81. The molecule has 0 aliphatic rings. The van der Waals surface area contributed by atoms with E-state index in [4.69, 9.17) is 4.74 Å². The third-order valence-electron chi connectivity index (χ3n) is 1.97. The third-order valence-corrected chi connectivity index (χ3v) is 1.97. The molecule has 1 nitrogen and oxygen atoms in total. The van der Waals surface area contributed by atoms with Crippen LogP contribution < -0.4 is 0 Å². The lowest BCUT2D eigenvalue weighted by Gasteiger charge is -2.09. The second-order valence-electron chi connectivity index (χ2n) is 3.52. The molecule has 0 N–H and O–H groups in total. The van der Waals surface area contributed by atoms with Crippen LogP contribution in [0.4, 0.5) is 0 Å². The molecule has 0 saturated carbocycles. The van der Waals surface area contributed by atoms with Crippen LogP contribution in [0.1, 0.15) is 33.1 Å². The van der Waals surface area contributed by atoms with E-state index in [0.717, 1.165) is 19.1 Å². The van der Waals surface area contributed by atoms with E-state index in [0.29, 0.717) is 0 Å². The zero-order valence-electron chi connectivity index (χ0n) is 8.81. The molecule has 0 saturated heterocycles. The van der Waals surface area contributed by atoms with Crippen LogP contribution in [0.2, 0.25) is 13.1 Å². The average molecular weight is 169 g/mol. The molecule has 1 radical (unpaired) electrons. The minimum atomic E-state index is 0.737. The number of hydrogen-bond acceptors (Lipinski definition) is 1. The second kappa shape index (κ2) is 9.12. The lowest BCUT2D eigenvalue weighted by atomic mass is 9.77. The first-order valence-corrected chi connectivity index (χ1v) is 5.16. The van der Waals surface area contributed by atoms with Gasteiger partial charge in [-0.3, -0.25) is 0 Å². The lowest BCUT2D eigenvalue weighted by molar-refractivity contribution is 0.102. The van der Waals surface area contributed by atoms with Crippen molar-refractivity contribution in [3.8, 4) is 0 Å². The zero-order valence-corrected chi connectivity index (χ0v) is 8.81. The van der Waals surface area contributed by atoms with Gasteiger partial charge in [-0.25, -0.2) is 0 Å². The SMILES string of the molecule is C[B]CCCOCC(C)CCC. The Morgan fingerprint density at radius 2 is 2.17 bits per heavy atom. The summed E-state index contributed by atoms with van der Waals surface area (Å²) in [5.74, 6) is 0.737. The number of rotatable bonds is 8. The molecular weight excluding hydrogens is 147 g/mol. The molecule has 0 aliphatic heterocycles. The summed E-state index contributed by atoms with van der Waals surface area (Å²) in [6, 6.07) is 0. The highest BCUT2D eigenvalue weighted by atomic mass is 16.5. The average Bonchev–Trinajstić information content (AvgIpc) is 2.05. The maximum atomic E-state index is 5.53. The van der Waals surface area contributed by atoms with E-state index in [9.17, 15) is 0 Å². The molecule has 1 unspecified atom stereocenters. The molecule has 0 aromatic rings. The van der Waals surface area contributed by atoms with Crippen molar-refractivity contribution in [2.75, 3.05) is 13.2 Å². The van der Waals surface area contributed by atoms with Crippen molar-refractivity contribution in [1.82, 2.24) is 0 Å². The van der Waals surface area contributed by atoms with Crippen LogP contribution in [-0.4, -0.2) is 20.5 Å². The quantitative estimate of drug-likeness (QED) is 0.401. The molecule has 71 valence electrons. The minimum Gasteiger partial charge on any atom is -0.381 e. The Kier molecular flexibility index (Phi) is 9.13. The van der Waals surface area contributed by atoms with Gasteiger partial charge in [0.25, 0.3) is 0 Å². The molecular formula is C10H22BO. The summed E-state index contributed by atoms with van der Waals surface area (Å²) in [5, 5.41) is 0. The molecule has 0 aromatic heterocycles. The van der Waals surface area contributed by atoms with Gasteiger partial charge in [-0.1, -0.05) is 33.4 Å². The summed E-state index contributed by atoms with van der Waals surface area (Å²) in [5.41, 5.74) is 0. The molecule has 0 bridgehead atoms. The van der Waals surface area contributed by atoms with Crippen LogP contribution in [0.3, 0.4) is 0 Å². The number of hydrogen-bond donors (Lipinski definition) is 0. The smallest absolute Gasteiger partial charge is 0.105 e. The second-order valence-corrected chi connectivity index (χ2v) is 3.52. The zero-order chi connectivity index (χ0) is 9.23. The minimum absolute atomic E-state index is 0.737. The number of ether oxygens (including phenoxy) is 1. The van der Waals surface area contributed by atoms with E-state index in [1.165, 1.54) is 25.6 Å². The summed E-state index contributed by atoms with van der Waals surface area (Å²) >= 11 is 0. The van der Waals surface area contributed by atoms with Crippen molar-refractivity contribution in [3.05, 3.63) is 0 Å². The highest BCUT2D eigenvalue weighted by Crippen LogP contribution is 2.05. The Balaban J connectivity index is 2.97. The van der Waals surface area contributed by atoms with Crippen molar-refractivity contribution in [2.45, 2.75) is 46.3 Å². The maximum absolute atomic E-state index is 5.53. The highest BCUT2D eigenvalue weighted by molar-refractivity contribution is 6.33. The van der Waals surface area contributed by atoms with Crippen LogP contribution in [-0.2, 0) is 4.74 Å². The monoisotopic (exact) mass is 169 g/mol. The standard InChI is InChI=1S/C10H22BO/c1-4-6-10(2)9-12-8-5-7-11-3/h10H,4-9H2,1-3H3. The van der Waals surface area contributed by atoms with Crippen LogP contribution in [0.5, 0.6) is 0 Å². The summed E-state index contributed by atoms with van der Waals surface area (Å²) in [7, 11) is 2.19. The van der Waals surface area contributed by atoms with E-state index in [1.54, 1.807) is 0 Å². The molecule has 0 amide bonds. The fraction of sp³-hybridized carbons (Fsp3) is 1.00. The molecule has 0 aromatic carbocycles. The van der Waals surface area contributed by atoms with Gasteiger partial charge in [0.15, 0.2) is 0 Å². The molecule has 0 spiro atoms. The Morgan fingerprint density at radius 3 is 2.75 bits per heavy atom. The molecule has 0 fully saturated rings. The van der Waals surface area contributed by atoms with Crippen molar-refractivity contribution < 1.29 is 4.74 Å². The van der Waals surface area contributed by atoms with Gasteiger partial charge >= 0.3 is 0 Å². The molecule has 1 atom stereocenters. The molecule has 0 rings (SSSR count). The summed E-state index contributed by atoms with van der Waals surface area (Å²) in [6.07, 6.45) is 4.92. The fourth-order valence-electron chi connectivity index (χ4n) is 1.25. The van der Waals surface area contributed by atoms with Crippen LogP contribution in [0.15, 0.2) is 0 Å². The van der Waals surface area contributed by atoms with E-state index in [-0.39, 0.29) is 0 Å². The Labute approximate surface area is 78.1 Å². The molecule has 0 aliphatic carbocycles. The van der Waals surface area contributed by atoms with Gasteiger partial charge in [0.1, 0.15) is 7.28 Å². The topological polar surface area (TPSA) is 9.23 Å². The first-order valence-electron chi connectivity index (χ1n) is 5.16. The summed E-state index contributed by atoms with van der Waals surface area (Å²) in [6.45, 7) is 8.45. The molecule has 0 heterocycles. The lowest BCUT2D eigenvalue weighted by Crippen LogP contribution is -2.06. The van der Waals surface area contributed by atoms with Crippen LogP contribution >= 0.6 is 0 Å². The van der Waals surface area contributed by atoms with E-state index >= 15 is 0 Å². The third kappa shape index (κ3) is 8.12. The van der Waals surface area contributed by atoms with Crippen molar-refractivity contribution >= 4 is 7.28 Å². The van der Waals surface area contributed by atoms with Crippen molar-refractivity contribution in [2.24, 2.45) is 5.92 Å². The predicted molar refractivity (Wildman–Crippen MR) is 55.9 cm³/mol. The van der Waals surface area contributed by atoms with E-state index in [1.807, 2.05) is 0 Å². The fourth-order valence-corrected chi connectivity index (χ4v) is 1.25. The van der Waals surface area contributed by atoms with E-state index < -0.39 is 0 Å². The van der Waals surface area contributed by atoms with Gasteiger partial charge in [0.05, 0.1) is 0 Å². The summed E-state index contributed by atoms with van der Waals surface area (Å²) in [4.78, 5) is 0.